The molecule has 64 valence electrons. The minimum Gasteiger partial charge on any atom is -0.402 e. The summed E-state index contributed by atoms with van der Waals surface area (Å²) in [6.07, 6.45) is 1.25. The van der Waals surface area contributed by atoms with Crippen LogP contribution in [0.2, 0.25) is 0 Å². The average molecular weight is 154 g/mol. The molecule has 2 atom stereocenters. The van der Waals surface area contributed by atoms with Crippen molar-refractivity contribution < 1.29 is 0 Å². The van der Waals surface area contributed by atoms with Gasteiger partial charge in [0, 0.05) is 24.2 Å². The van der Waals surface area contributed by atoms with Crippen LogP contribution in [0.15, 0.2) is 11.3 Å². The van der Waals surface area contributed by atoms with Crippen LogP contribution in [0.1, 0.15) is 27.2 Å². The van der Waals surface area contributed by atoms with Gasteiger partial charge in [-0.1, -0.05) is 13.8 Å². The molecule has 0 aromatic heterocycles. The molecule has 2 heteroatoms. The van der Waals surface area contributed by atoms with Gasteiger partial charge in [0.05, 0.1) is 0 Å². The van der Waals surface area contributed by atoms with Gasteiger partial charge in [-0.15, -0.1) is 0 Å². The quantitative estimate of drug-likeness (QED) is 0.551. The van der Waals surface area contributed by atoms with E-state index in [1.165, 1.54) is 12.0 Å². The van der Waals surface area contributed by atoms with E-state index >= 15 is 0 Å². The van der Waals surface area contributed by atoms with Crippen molar-refractivity contribution in [3.63, 3.8) is 0 Å². The van der Waals surface area contributed by atoms with Crippen molar-refractivity contribution in [1.29, 1.82) is 0 Å². The standard InChI is InChI=1S/C7H12N2.C2H6/c1-4-6-2-5(3-9-6)7(4)8;1-2/h5-6,9H,2-3,8H2,1H3;1-2H3. The highest BCUT2D eigenvalue weighted by atomic mass is 15.0. The van der Waals surface area contributed by atoms with Crippen LogP contribution in [0.4, 0.5) is 0 Å². The summed E-state index contributed by atoms with van der Waals surface area (Å²) in [5.74, 6) is 0.662. The molecule has 2 rings (SSSR count). The van der Waals surface area contributed by atoms with E-state index in [9.17, 15) is 0 Å². The Kier molecular flexibility index (Phi) is 2.55. The van der Waals surface area contributed by atoms with Crippen molar-refractivity contribution in [3.05, 3.63) is 11.3 Å². The van der Waals surface area contributed by atoms with Gasteiger partial charge in [0.2, 0.25) is 0 Å². The molecule has 0 aromatic rings. The molecule has 3 N–H and O–H groups in total. The molecule has 1 fully saturated rings. The lowest BCUT2D eigenvalue weighted by atomic mass is 10.1. The Labute approximate surface area is 68.9 Å². The van der Waals surface area contributed by atoms with Crippen LogP contribution in [0.3, 0.4) is 0 Å². The van der Waals surface area contributed by atoms with Crippen molar-refractivity contribution >= 4 is 0 Å². The second-order valence-electron chi connectivity index (χ2n) is 3.03. The highest BCUT2D eigenvalue weighted by Gasteiger charge is 2.34. The van der Waals surface area contributed by atoms with Crippen molar-refractivity contribution in [3.8, 4) is 0 Å². The van der Waals surface area contributed by atoms with E-state index in [2.05, 4.69) is 12.2 Å². The SMILES string of the molecule is CC.CC1=C(N)C2CNC1C2. The van der Waals surface area contributed by atoms with Crippen LogP contribution in [0.25, 0.3) is 0 Å². The minimum atomic E-state index is 0.620. The first-order valence-electron chi connectivity index (χ1n) is 4.48. The topological polar surface area (TPSA) is 38.0 Å². The Morgan fingerprint density at radius 1 is 1.45 bits per heavy atom. The fourth-order valence-corrected chi connectivity index (χ4v) is 1.83. The van der Waals surface area contributed by atoms with Gasteiger partial charge in [-0.3, -0.25) is 0 Å². The molecule has 2 aliphatic rings. The monoisotopic (exact) mass is 154 g/mol. The predicted molar refractivity (Wildman–Crippen MR) is 48.1 cm³/mol. The van der Waals surface area contributed by atoms with Crippen molar-refractivity contribution in [1.82, 2.24) is 5.32 Å². The zero-order chi connectivity index (χ0) is 8.43. The van der Waals surface area contributed by atoms with Gasteiger partial charge >= 0.3 is 0 Å². The van der Waals surface area contributed by atoms with Crippen LogP contribution in [-0.4, -0.2) is 12.6 Å². The molecule has 0 saturated carbocycles. The fourth-order valence-electron chi connectivity index (χ4n) is 1.83. The van der Waals surface area contributed by atoms with Crippen LogP contribution in [0.5, 0.6) is 0 Å². The molecule has 2 bridgehead atoms. The third-order valence-electron chi connectivity index (χ3n) is 2.55. The molecule has 11 heavy (non-hydrogen) atoms. The molecular formula is C9H18N2. The lowest BCUT2D eigenvalue weighted by Gasteiger charge is -2.13. The maximum Gasteiger partial charge on any atom is 0.0303 e. The van der Waals surface area contributed by atoms with Gasteiger partial charge in [-0.25, -0.2) is 0 Å². The molecule has 1 heterocycles. The van der Waals surface area contributed by atoms with Crippen LogP contribution in [-0.2, 0) is 0 Å². The molecule has 0 spiro atoms. The summed E-state index contributed by atoms with van der Waals surface area (Å²) in [7, 11) is 0. The van der Waals surface area contributed by atoms with E-state index in [0.29, 0.717) is 12.0 Å². The molecular weight excluding hydrogens is 136 g/mol. The smallest absolute Gasteiger partial charge is 0.0303 e. The van der Waals surface area contributed by atoms with Gasteiger partial charge in [-0.2, -0.15) is 0 Å². The summed E-state index contributed by atoms with van der Waals surface area (Å²) < 4.78 is 0. The largest absolute Gasteiger partial charge is 0.402 e. The first-order chi connectivity index (χ1) is 5.29. The third-order valence-corrected chi connectivity index (χ3v) is 2.55. The Balaban J connectivity index is 0.000000281. The molecule has 1 saturated heterocycles. The maximum absolute atomic E-state index is 5.80. The van der Waals surface area contributed by atoms with Gasteiger partial charge in [0.1, 0.15) is 0 Å². The van der Waals surface area contributed by atoms with Gasteiger partial charge in [0.15, 0.2) is 0 Å². The van der Waals surface area contributed by atoms with Crippen molar-refractivity contribution in [2.24, 2.45) is 11.7 Å². The molecule has 0 radical (unpaired) electrons. The van der Waals surface area contributed by atoms with Gasteiger partial charge in [0.25, 0.3) is 0 Å². The van der Waals surface area contributed by atoms with E-state index < -0.39 is 0 Å². The number of nitrogens with one attached hydrogen (secondary N) is 1. The van der Waals surface area contributed by atoms with Gasteiger partial charge in [-0.05, 0) is 18.9 Å². The molecule has 2 unspecified atom stereocenters. The van der Waals surface area contributed by atoms with Gasteiger partial charge < -0.3 is 11.1 Å². The Hall–Kier alpha value is -0.500. The van der Waals surface area contributed by atoms with Crippen molar-refractivity contribution in [2.45, 2.75) is 33.2 Å². The zero-order valence-electron chi connectivity index (χ0n) is 7.65. The zero-order valence-corrected chi connectivity index (χ0v) is 7.65. The van der Waals surface area contributed by atoms with Crippen LogP contribution in [0, 0.1) is 5.92 Å². The summed E-state index contributed by atoms with van der Waals surface area (Å²) in [6, 6.07) is 0.620. The predicted octanol–water partition coefficient (Wildman–Crippen LogP) is 1.24. The van der Waals surface area contributed by atoms with E-state index in [1.807, 2.05) is 13.8 Å². The molecule has 0 aromatic carbocycles. The number of nitrogens with two attached hydrogens (primary N) is 1. The number of hydrogen-bond acceptors (Lipinski definition) is 2. The highest BCUT2D eigenvalue weighted by molar-refractivity contribution is 5.28. The molecule has 2 nitrogen and oxygen atoms in total. The Morgan fingerprint density at radius 3 is 2.36 bits per heavy atom. The summed E-state index contributed by atoms with van der Waals surface area (Å²) >= 11 is 0. The second kappa shape index (κ2) is 3.26. The fraction of sp³-hybridized carbons (Fsp3) is 0.778. The van der Waals surface area contributed by atoms with Crippen molar-refractivity contribution in [2.75, 3.05) is 6.54 Å². The normalized spacial score (nSPS) is 33.7. The number of rotatable bonds is 0. The van der Waals surface area contributed by atoms with Crippen LogP contribution >= 0.6 is 0 Å². The summed E-state index contributed by atoms with van der Waals surface area (Å²) in [4.78, 5) is 0. The minimum absolute atomic E-state index is 0.620. The molecule has 1 aliphatic carbocycles. The average Bonchev–Trinajstić information content (AvgIpc) is 2.60. The van der Waals surface area contributed by atoms with E-state index in [4.69, 9.17) is 5.73 Å². The second-order valence-corrected chi connectivity index (χ2v) is 3.03. The summed E-state index contributed by atoms with van der Waals surface area (Å²) in [6.45, 7) is 7.24. The summed E-state index contributed by atoms with van der Waals surface area (Å²) in [5.41, 5.74) is 8.34. The lowest BCUT2D eigenvalue weighted by Crippen LogP contribution is -2.28. The van der Waals surface area contributed by atoms with E-state index in [-0.39, 0.29) is 0 Å². The maximum atomic E-state index is 5.80. The Morgan fingerprint density at radius 2 is 2.09 bits per heavy atom. The molecule has 0 amide bonds. The Bertz CT molecular complexity index is 154. The molecule has 1 aliphatic heterocycles. The number of fused-ring (bicyclic) bond motifs is 2. The van der Waals surface area contributed by atoms with Crippen LogP contribution < -0.4 is 11.1 Å². The number of hydrogen-bond donors (Lipinski definition) is 2. The van der Waals surface area contributed by atoms with E-state index in [1.54, 1.807) is 0 Å². The first kappa shape index (κ1) is 8.60. The summed E-state index contributed by atoms with van der Waals surface area (Å²) in [5, 5.41) is 3.40. The van der Waals surface area contributed by atoms with E-state index in [0.717, 1.165) is 12.2 Å². The highest BCUT2D eigenvalue weighted by Crippen LogP contribution is 2.33. The lowest BCUT2D eigenvalue weighted by molar-refractivity contribution is 0.656. The third kappa shape index (κ3) is 1.27. The first-order valence-corrected chi connectivity index (χ1v) is 4.48.